The summed E-state index contributed by atoms with van der Waals surface area (Å²) in [5.41, 5.74) is 8.83. The van der Waals surface area contributed by atoms with E-state index in [0.29, 0.717) is 6.10 Å². The maximum atomic E-state index is 6.14. The Morgan fingerprint density at radius 3 is 2.70 bits per heavy atom. The average Bonchev–Trinajstić information content (AvgIpc) is 2.47. The summed E-state index contributed by atoms with van der Waals surface area (Å²) in [6.07, 6.45) is 4.58. The molecule has 2 N–H and O–H groups in total. The highest BCUT2D eigenvalue weighted by molar-refractivity contribution is 9.10. The van der Waals surface area contributed by atoms with Crippen LogP contribution in [-0.4, -0.2) is 32.3 Å². The first-order valence-corrected chi connectivity index (χ1v) is 8.25. The number of hydrogen-bond donors (Lipinski definition) is 1. The van der Waals surface area contributed by atoms with Gasteiger partial charge in [-0.2, -0.15) is 0 Å². The zero-order valence-electron chi connectivity index (χ0n) is 12.4. The molecule has 0 amide bonds. The molecule has 0 spiro atoms. The summed E-state index contributed by atoms with van der Waals surface area (Å²) in [6, 6.07) is 6.79. The molecular formula is C16H25BrN2O. The highest BCUT2D eigenvalue weighted by atomic mass is 79.9. The van der Waals surface area contributed by atoms with Crippen LogP contribution in [0.15, 0.2) is 22.7 Å². The van der Waals surface area contributed by atoms with Crippen molar-refractivity contribution in [2.24, 2.45) is 5.73 Å². The van der Waals surface area contributed by atoms with Crippen LogP contribution >= 0.6 is 15.9 Å². The molecule has 2 rings (SSSR count). The number of nitrogens with zero attached hydrogens (tertiary/aromatic N) is 1. The smallest absolute Gasteiger partial charge is 0.0605 e. The lowest BCUT2D eigenvalue weighted by molar-refractivity contribution is 0.0819. The second-order valence-electron chi connectivity index (χ2n) is 5.57. The number of rotatable bonds is 5. The molecule has 0 bridgehead atoms. The van der Waals surface area contributed by atoms with E-state index in [9.17, 15) is 0 Å². The van der Waals surface area contributed by atoms with Gasteiger partial charge in [0.1, 0.15) is 0 Å². The number of nitrogens with two attached hydrogens (primary N) is 1. The molecule has 3 nitrogen and oxygen atoms in total. The van der Waals surface area contributed by atoms with Gasteiger partial charge >= 0.3 is 0 Å². The number of methoxy groups -OCH3 is 1. The summed E-state index contributed by atoms with van der Waals surface area (Å²) in [4.78, 5) is 2.47. The lowest BCUT2D eigenvalue weighted by atomic mass is 10.00. The zero-order chi connectivity index (χ0) is 14.5. The van der Waals surface area contributed by atoms with E-state index >= 15 is 0 Å². The van der Waals surface area contributed by atoms with E-state index in [2.05, 4.69) is 46.0 Å². The Bertz CT molecular complexity index is 430. The van der Waals surface area contributed by atoms with E-state index in [-0.39, 0.29) is 6.04 Å². The van der Waals surface area contributed by atoms with Crippen molar-refractivity contribution in [3.63, 3.8) is 0 Å². The molecule has 1 fully saturated rings. The van der Waals surface area contributed by atoms with Gasteiger partial charge in [-0.3, -0.25) is 0 Å². The largest absolute Gasteiger partial charge is 0.381 e. The van der Waals surface area contributed by atoms with Gasteiger partial charge in [0.2, 0.25) is 0 Å². The minimum atomic E-state index is 0.236. The van der Waals surface area contributed by atoms with Crippen molar-refractivity contribution in [1.82, 2.24) is 0 Å². The van der Waals surface area contributed by atoms with Crippen LogP contribution in [0.25, 0.3) is 0 Å². The van der Waals surface area contributed by atoms with Gasteiger partial charge in [-0.25, -0.2) is 0 Å². The van der Waals surface area contributed by atoms with Crippen molar-refractivity contribution in [2.45, 2.75) is 44.8 Å². The summed E-state index contributed by atoms with van der Waals surface area (Å²) in [7, 11) is 1.81. The molecule has 1 heterocycles. The molecule has 1 aromatic rings. The van der Waals surface area contributed by atoms with Crippen molar-refractivity contribution >= 4 is 21.6 Å². The monoisotopic (exact) mass is 340 g/mol. The molecule has 1 saturated heterocycles. The fourth-order valence-electron chi connectivity index (χ4n) is 2.79. The summed E-state index contributed by atoms with van der Waals surface area (Å²) in [6.45, 7) is 4.27. The van der Waals surface area contributed by atoms with E-state index in [1.165, 1.54) is 11.3 Å². The fourth-order valence-corrected chi connectivity index (χ4v) is 3.19. The molecule has 1 atom stereocenters. The molecule has 112 valence electrons. The Morgan fingerprint density at radius 2 is 2.10 bits per heavy atom. The van der Waals surface area contributed by atoms with Crippen LogP contribution in [0.3, 0.4) is 0 Å². The Morgan fingerprint density at radius 1 is 1.40 bits per heavy atom. The van der Waals surface area contributed by atoms with Crippen molar-refractivity contribution in [3.05, 3.63) is 28.2 Å². The first kappa shape index (κ1) is 15.8. The minimum Gasteiger partial charge on any atom is -0.381 e. The SMILES string of the molecule is CCC(N)Cc1cc(Br)ccc1N1CCC(OC)CC1. The summed E-state index contributed by atoms with van der Waals surface area (Å²) in [5.74, 6) is 0. The maximum Gasteiger partial charge on any atom is 0.0605 e. The standard InChI is InChI=1S/C16H25BrN2O/c1-3-14(18)11-12-10-13(17)4-5-16(12)19-8-6-15(20-2)7-9-19/h4-5,10,14-15H,3,6-9,11,18H2,1-2H3. The molecule has 0 radical (unpaired) electrons. The summed E-state index contributed by atoms with van der Waals surface area (Å²) < 4.78 is 6.58. The Kier molecular flexibility index (Phi) is 5.87. The molecule has 4 heteroatoms. The van der Waals surface area contributed by atoms with E-state index in [1.54, 1.807) is 0 Å². The molecule has 1 aromatic carbocycles. The van der Waals surface area contributed by atoms with Crippen molar-refractivity contribution in [1.29, 1.82) is 0 Å². The maximum absolute atomic E-state index is 6.14. The Labute approximate surface area is 130 Å². The van der Waals surface area contributed by atoms with Crippen LogP contribution in [0, 0.1) is 0 Å². The third-order valence-corrected chi connectivity index (χ3v) is 4.66. The summed E-state index contributed by atoms with van der Waals surface area (Å²) in [5, 5.41) is 0. The van der Waals surface area contributed by atoms with Crippen LogP contribution in [0.5, 0.6) is 0 Å². The third-order valence-electron chi connectivity index (χ3n) is 4.16. The van der Waals surface area contributed by atoms with Gasteiger partial charge in [-0.15, -0.1) is 0 Å². The number of benzene rings is 1. The van der Waals surface area contributed by atoms with Gasteiger partial charge in [0.15, 0.2) is 0 Å². The molecule has 0 saturated carbocycles. The predicted octanol–water partition coefficient (Wildman–Crippen LogP) is 3.34. The van der Waals surface area contributed by atoms with Crippen molar-refractivity contribution < 1.29 is 4.74 Å². The molecule has 1 aliphatic rings. The van der Waals surface area contributed by atoms with Crippen molar-refractivity contribution in [3.8, 4) is 0 Å². The van der Waals surface area contributed by atoms with Gasteiger partial charge in [0.05, 0.1) is 6.10 Å². The fraction of sp³-hybridized carbons (Fsp3) is 0.625. The second kappa shape index (κ2) is 7.43. The highest BCUT2D eigenvalue weighted by Crippen LogP contribution is 2.28. The minimum absolute atomic E-state index is 0.236. The molecule has 1 aliphatic heterocycles. The number of halogens is 1. The molecule has 0 aliphatic carbocycles. The molecule has 20 heavy (non-hydrogen) atoms. The van der Waals surface area contributed by atoms with Crippen LogP contribution < -0.4 is 10.6 Å². The highest BCUT2D eigenvalue weighted by Gasteiger charge is 2.21. The molecular weight excluding hydrogens is 316 g/mol. The number of piperidine rings is 1. The van der Waals surface area contributed by atoms with E-state index in [1.807, 2.05) is 7.11 Å². The second-order valence-corrected chi connectivity index (χ2v) is 6.48. The van der Waals surface area contributed by atoms with E-state index in [4.69, 9.17) is 10.5 Å². The predicted molar refractivity (Wildman–Crippen MR) is 88.4 cm³/mol. The van der Waals surface area contributed by atoms with Crippen LogP contribution in [0.2, 0.25) is 0 Å². The first-order valence-electron chi connectivity index (χ1n) is 7.45. The lowest BCUT2D eigenvalue weighted by Gasteiger charge is -2.34. The van der Waals surface area contributed by atoms with Crippen LogP contribution in [-0.2, 0) is 11.2 Å². The normalized spacial score (nSPS) is 18.3. The summed E-state index contributed by atoms with van der Waals surface area (Å²) >= 11 is 3.57. The number of anilines is 1. The topological polar surface area (TPSA) is 38.5 Å². The Balaban J connectivity index is 2.14. The van der Waals surface area contributed by atoms with Crippen LogP contribution in [0.1, 0.15) is 31.7 Å². The Hall–Kier alpha value is -0.580. The van der Waals surface area contributed by atoms with Gasteiger partial charge in [0, 0.05) is 36.4 Å². The first-order chi connectivity index (χ1) is 9.63. The van der Waals surface area contributed by atoms with Crippen molar-refractivity contribution in [2.75, 3.05) is 25.1 Å². The molecule has 1 unspecified atom stereocenters. The van der Waals surface area contributed by atoms with Gasteiger partial charge in [-0.1, -0.05) is 22.9 Å². The molecule has 0 aromatic heterocycles. The number of ether oxygens (including phenoxy) is 1. The van der Waals surface area contributed by atoms with Crippen LogP contribution in [0.4, 0.5) is 5.69 Å². The van der Waals surface area contributed by atoms with Gasteiger partial charge in [-0.05, 0) is 49.4 Å². The average molecular weight is 341 g/mol. The third kappa shape index (κ3) is 3.96. The van der Waals surface area contributed by atoms with Gasteiger partial charge < -0.3 is 15.4 Å². The number of hydrogen-bond acceptors (Lipinski definition) is 3. The van der Waals surface area contributed by atoms with Gasteiger partial charge in [0.25, 0.3) is 0 Å². The zero-order valence-corrected chi connectivity index (χ0v) is 14.0. The van der Waals surface area contributed by atoms with E-state index < -0.39 is 0 Å². The lowest BCUT2D eigenvalue weighted by Crippen LogP contribution is -2.37. The quantitative estimate of drug-likeness (QED) is 0.893. The van der Waals surface area contributed by atoms with E-state index in [0.717, 1.165) is 43.2 Å².